The molecule has 0 aliphatic carbocycles. The molecule has 0 bridgehead atoms. The van der Waals surface area contributed by atoms with E-state index in [2.05, 4.69) is 38.1 Å². The Labute approximate surface area is 120 Å². The SMILES string of the molecule is CCCNC(c1ncccn1)c1cccc(Br)c1F. The molecule has 0 aliphatic heterocycles. The van der Waals surface area contributed by atoms with Crippen LogP contribution in [0.1, 0.15) is 30.8 Å². The maximum Gasteiger partial charge on any atom is 0.149 e. The van der Waals surface area contributed by atoms with E-state index in [-0.39, 0.29) is 11.9 Å². The maximum atomic E-state index is 14.2. The highest BCUT2D eigenvalue weighted by Gasteiger charge is 2.20. The van der Waals surface area contributed by atoms with Crippen molar-refractivity contribution in [1.29, 1.82) is 0 Å². The normalized spacial score (nSPS) is 12.4. The average molecular weight is 324 g/mol. The minimum atomic E-state index is -0.335. The van der Waals surface area contributed by atoms with E-state index in [0.29, 0.717) is 15.9 Å². The number of rotatable bonds is 5. The van der Waals surface area contributed by atoms with E-state index in [1.165, 1.54) is 0 Å². The van der Waals surface area contributed by atoms with E-state index in [9.17, 15) is 4.39 Å². The molecule has 3 nitrogen and oxygen atoms in total. The molecular weight excluding hydrogens is 309 g/mol. The van der Waals surface area contributed by atoms with Crippen LogP contribution in [0.3, 0.4) is 0 Å². The van der Waals surface area contributed by atoms with Crippen molar-refractivity contribution in [2.24, 2.45) is 0 Å². The summed E-state index contributed by atoms with van der Waals surface area (Å²) in [4.78, 5) is 8.45. The lowest BCUT2D eigenvalue weighted by atomic mass is 10.1. The smallest absolute Gasteiger partial charge is 0.149 e. The van der Waals surface area contributed by atoms with Crippen LogP contribution in [-0.4, -0.2) is 16.5 Å². The zero-order valence-electron chi connectivity index (χ0n) is 10.6. The highest BCUT2D eigenvalue weighted by molar-refractivity contribution is 9.10. The lowest BCUT2D eigenvalue weighted by molar-refractivity contribution is 0.527. The fraction of sp³-hybridized carbons (Fsp3) is 0.286. The lowest BCUT2D eigenvalue weighted by Crippen LogP contribution is -2.26. The third-order valence-electron chi connectivity index (χ3n) is 2.73. The number of hydrogen-bond donors (Lipinski definition) is 1. The van der Waals surface area contributed by atoms with Gasteiger partial charge in [0.25, 0.3) is 0 Å². The molecule has 0 spiro atoms. The summed E-state index contributed by atoms with van der Waals surface area (Å²) in [6.45, 7) is 2.84. The molecule has 1 aromatic carbocycles. The first-order valence-corrected chi connectivity index (χ1v) is 6.97. The van der Waals surface area contributed by atoms with Crippen molar-refractivity contribution in [1.82, 2.24) is 15.3 Å². The van der Waals surface area contributed by atoms with Gasteiger partial charge in [-0.1, -0.05) is 19.1 Å². The predicted octanol–water partition coefficient (Wildman–Crippen LogP) is 3.47. The van der Waals surface area contributed by atoms with Crippen LogP contribution < -0.4 is 5.32 Å². The van der Waals surface area contributed by atoms with Crippen LogP contribution in [-0.2, 0) is 0 Å². The van der Waals surface area contributed by atoms with E-state index in [1.807, 2.05) is 6.07 Å². The number of nitrogens with one attached hydrogen (secondary N) is 1. The Morgan fingerprint density at radius 2 is 2.00 bits per heavy atom. The van der Waals surface area contributed by atoms with E-state index in [4.69, 9.17) is 0 Å². The van der Waals surface area contributed by atoms with Crippen molar-refractivity contribution in [3.8, 4) is 0 Å². The van der Waals surface area contributed by atoms with Crippen LogP contribution in [0.2, 0.25) is 0 Å². The number of halogens is 2. The van der Waals surface area contributed by atoms with E-state index < -0.39 is 0 Å². The molecule has 1 unspecified atom stereocenters. The monoisotopic (exact) mass is 323 g/mol. The van der Waals surface area contributed by atoms with Gasteiger partial charge < -0.3 is 5.32 Å². The fourth-order valence-corrected chi connectivity index (χ4v) is 2.21. The van der Waals surface area contributed by atoms with Crippen molar-refractivity contribution >= 4 is 15.9 Å². The Bertz CT molecular complexity index is 533. The first kappa shape index (κ1) is 14.1. The van der Waals surface area contributed by atoms with Crippen LogP contribution in [0, 0.1) is 5.82 Å². The summed E-state index contributed by atoms with van der Waals surface area (Å²) in [6.07, 6.45) is 4.29. The number of aromatic nitrogens is 2. The van der Waals surface area contributed by atoms with Crippen molar-refractivity contribution < 1.29 is 4.39 Å². The van der Waals surface area contributed by atoms with Gasteiger partial charge in [-0.15, -0.1) is 0 Å². The summed E-state index contributed by atoms with van der Waals surface area (Å²) in [5.41, 5.74) is 0.550. The van der Waals surface area contributed by atoms with Crippen LogP contribution in [0.25, 0.3) is 0 Å². The third-order valence-corrected chi connectivity index (χ3v) is 3.35. The Morgan fingerprint density at radius 1 is 1.26 bits per heavy atom. The second-order valence-electron chi connectivity index (χ2n) is 4.14. The standard InChI is InChI=1S/C14H15BrFN3/c1-2-7-17-13(14-18-8-4-9-19-14)10-5-3-6-11(15)12(10)16/h3-6,8-9,13,17H,2,7H2,1H3. The van der Waals surface area contributed by atoms with Crippen molar-refractivity contribution in [2.45, 2.75) is 19.4 Å². The Kier molecular flexibility index (Phi) is 4.99. The van der Waals surface area contributed by atoms with Crippen molar-refractivity contribution in [2.75, 3.05) is 6.54 Å². The molecule has 2 rings (SSSR count). The van der Waals surface area contributed by atoms with Gasteiger partial charge in [0.2, 0.25) is 0 Å². The van der Waals surface area contributed by atoms with Gasteiger partial charge in [-0.2, -0.15) is 0 Å². The van der Waals surface area contributed by atoms with Gasteiger partial charge in [0.15, 0.2) is 0 Å². The molecule has 0 saturated heterocycles. The summed E-state index contributed by atoms with van der Waals surface area (Å²) in [5, 5.41) is 3.28. The highest BCUT2D eigenvalue weighted by atomic mass is 79.9. The predicted molar refractivity (Wildman–Crippen MR) is 76.3 cm³/mol. The van der Waals surface area contributed by atoms with Gasteiger partial charge >= 0.3 is 0 Å². The lowest BCUT2D eigenvalue weighted by Gasteiger charge is -2.18. The second kappa shape index (κ2) is 6.73. The van der Waals surface area contributed by atoms with Crippen molar-refractivity contribution in [3.63, 3.8) is 0 Å². The third kappa shape index (κ3) is 3.36. The van der Waals surface area contributed by atoms with Crippen LogP contribution in [0.4, 0.5) is 4.39 Å². The Morgan fingerprint density at radius 3 is 2.68 bits per heavy atom. The highest BCUT2D eigenvalue weighted by Crippen LogP contribution is 2.26. The molecule has 100 valence electrons. The zero-order chi connectivity index (χ0) is 13.7. The molecule has 0 fully saturated rings. The Hall–Kier alpha value is -1.33. The maximum absolute atomic E-state index is 14.2. The van der Waals surface area contributed by atoms with Gasteiger partial charge in [0.05, 0.1) is 10.5 Å². The summed E-state index contributed by atoms with van der Waals surface area (Å²) in [6, 6.07) is 6.66. The molecule has 0 amide bonds. The molecule has 5 heteroatoms. The van der Waals surface area contributed by atoms with E-state index >= 15 is 0 Å². The molecule has 1 aromatic heterocycles. The van der Waals surface area contributed by atoms with Gasteiger partial charge in [-0.3, -0.25) is 0 Å². The average Bonchev–Trinajstić information content (AvgIpc) is 2.45. The van der Waals surface area contributed by atoms with Crippen LogP contribution >= 0.6 is 15.9 Å². The molecule has 2 aromatic rings. The molecule has 0 aliphatic rings. The van der Waals surface area contributed by atoms with Crippen LogP contribution in [0.5, 0.6) is 0 Å². The van der Waals surface area contributed by atoms with Gasteiger partial charge in [0, 0.05) is 18.0 Å². The second-order valence-corrected chi connectivity index (χ2v) is 4.99. The van der Waals surface area contributed by atoms with Gasteiger partial charge in [0.1, 0.15) is 11.6 Å². The first-order chi connectivity index (χ1) is 9.24. The molecule has 19 heavy (non-hydrogen) atoms. The minimum absolute atomic E-state index is 0.274. The summed E-state index contributed by atoms with van der Waals surface area (Å²) < 4.78 is 14.7. The van der Waals surface area contributed by atoms with Crippen molar-refractivity contribution in [3.05, 3.63) is 58.3 Å². The minimum Gasteiger partial charge on any atom is -0.304 e. The molecule has 1 heterocycles. The Balaban J connectivity index is 2.40. The molecule has 1 N–H and O–H groups in total. The summed E-state index contributed by atoms with van der Waals surface area (Å²) in [7, 11) is 0. The number of nitrogens with zero attached hydrogens (tertiary/aromatic N) is 2. The first-order valence-electron chi connectivity index (χ1n) is 6.18. The molecule has 1 atom stereocenters. The van der Waals surface area contributed by atoms with Gasteiger partial charge in [-0.05, 0) is 41.0 Å². The van der Waals surface area contributed by atoms with E-state index in [1.54, 1.807) is 30.6 Å². The summed E-state index contributed by atoms with van der Waals surface area (Å²) in [5.74, 6) is 0.302. The largest absolute Gasteiger partial charge is 0.304 e. The molecule has 0 saturated carbocycles. The molecular formula is C14H15BrFN3. The summed E-state index contributed by atoms with van der Waals surface area (Å²) >= 11 is 3.21. The van der Waals surface area contributed by atoms with Gasteiger partial charge in [-0.25, -0.2) is 14.4 Å². The molecule has 0 radical (unpaired) electrons. The number of benzene rings is 1. The van der Waals surface area contributed by atoms with Crippen LogP contribution in [0.15, 0.2) is 41.1 Å². The topological polar surface area (TPSA) is 37.8 Å². The fourth-order valence-electron chi connectivity index (χ4n) is 1.83. The number of hydrogen-bond acceptors (Lipinski definition) is 3. The van der Waals surface area contributed by atoms with E-state index in [0.717, 1.165) is 13.0 Å². The quantitative estimate of drug-likeness (QED) is 0.915. The zero-order valence-corrected chi connectivity index (χ0v) is 12.2.